The van der Waals surface area contributed by atoms with Crippen LogP contribution in [-0.2, 0) is 23.9 Å². The maximum absolute atomic E-state index is 12.7. The van der Waals surface area contributed by atoms with Gasteiger partial charge < -0.3 is 20.9 Å². The first-order valence-corrected chi connectivity index (χ1v) is 10.5. The van der Waals surface area contributed by atoms with Crippen molar-refractivity contribution in [2.24, 2.45) is 5.73 Å². The summed E-state index contributed by atoms with van der Waals surface area (Å²) in [4.78, 5) is 48.8. The van der Waals surface area contributed by atoms with E-state index in [1.807, 2.05) is 0 Å². The molecule has 1 aromatic carbocycles. The minimum Gasteiger partial charge on any atom is -0.477 e. The number of nitrogens with one attached hydrogen (secondary N) is 1. The Hall–Kier alpha value is -3.03. The van der Waals surface area contributed by atoms with Crippen LogP contribution < -0.4 is 11.1 Å². The van der Waals surface area contributed by atoms with Crippen molar-refractivity contribution in [3.8, 4) is 0 Å². The fraction of sp³-hybridized carbons (Fsp3) is 0.263. The molecular formula is C19H15ClF3N3O6S. The first-order chi connectivity index (χ1) is 15.5. The maximum atomic E-state index is 12.7. The van der Waals surface area contributed by atoms with E-state index in [0.29, 0.717) is 22.2 Å². The molecule has 2 aliphatic rings. The number of rotatable bonds is 6. The van der Waals surface area contributed by atoms with E-state index in [1.165, 1.54) is 0 Å². The predicted molar refractivity (Wildman–Crippen MR) is 109 cm³/mol. The van der Waals surface area contributed by atoms with Crippen LogP contribution in [0.1, 0.15) is 11.6 Å². The number of nitrogens with two attached hydrogens (primary N) is 1. The smallest absolute Gasteiger partial charge is 0.477 e. The molecule has 0 aromatic heterocycles. The number of benzene rings is 1. The van der Waals surface area contributed by atoms with Gasteiger partial charge in [0.15, 0.2) is 0 Å². The van der Waals surface area contributed by atoms with Gasteiger partial charge in [-0.3, -0.25) is 14.5 Å². The first-order valence-electron chi connectivity index (χ1n) is 9.08. The van der Waals surface area contributed by atoms with E-state index in [9.17, 15) is 37.5 Å². The summed E-state index contributed by atoms with van der Waals surface area (Å²) in [5.74, 6) is -6.09. The average molecular weight is 506 g/mol. The molecule has 4 unspecified atom stereocenters. The van der Waals surface area contributed by atoms with Crippen molar-refractivity contribution in [1.29, 1.82) is 0 Å². The topological polar surface area (TPSA) is 139 Å². The number of β-lactam (4-membered cyclic amide) rings is 1. The highest BCUT2D eigenvalue weighted by Crippen LogP contribution is 2.45. The number of hydrogen-bond donors (Lipinski definition) is 3. The maximum Gasteiger partial charge on any atom is 0.490 e. The number of carboxylic acid groups (broad SMARTS) is 1. The molecule has 0 aliphatic carbocycles. The van der Waals surface area contributed by atoms with E-state index in [4.69, 9.17) is 17.3 Å². The van der Waals surface area contributed by atoms with Crippen LogP contribution in [0, 0.1) is 0 Å². The molecule has 2 heterocycles. The van der Waals surface area contributed by atoms with Gasteiger partial charge in [0.05, 0.1) is 0 Å². The summed E-state index contributed by atoms with van der Waals surface area (Å²) in [7, 11) is 0. The highest BCUT2D eigenvalue weighted by atomic mass is 35.5. The number of carboxylic acids is 1. The van der Waals surface area contributed by atoms with Crippen LogP contribution in [-0.4, -0.2) is 56.8 Å². The van der Waals surface area contributed by atoms with Crippen molar-refractivity contribution in [3.05, 3.63) is 58.8 Å². The molecule has 0 radical (unpaired) electrons. The molecule has 9 nitrogen and oxygen atoms in total. The van der Waals surface area contributed by atoms with Gasteiger partial charge in [-0.2, -0.15) is 13.2 Å². The fourth-order valence-corrected chi connectivity index (χ4v) is 4.76. The van der Waals surface area contributed by atoms with E-state index in [1.54, 1.807) is 30.3 Å². The minimum absolute atomic E-state index is 0.110. The molecule has 4 N–H and O–H groups in total. The minimum atomic E-state index is -5.35. The van der Waals surface area contributed by atoms with Gasteiger partial charge in [0.25, 0.3) is 5.91 Å². The number of nitrogens with zero attached hydrogens (tertiary/aromatic N) is 1. The number of carbonyl (C=O) groups excluding carboxylic acids is 3. The Balaban J connectivity index is 1.91. The van der Waals surface area contributed by atoms with E-state index >= 15 is 0 Å². The first kappa shape index (κ1) is 24.6. The summed E-state index contributed by atoms with van der Waals surface area (Å²) in [5.41, 5.74) is 6.61. The van der Waals surface area contributed by atoms with Gasteiger partial charge in [-0.25, -0.2) is 9.59 Å². The van der Waals surface area contributed by atoms with Crippen LogP contribution in [0.25, 0.3) is 0 Å². The Morgan fingerprint density at radius 3 is 2.45 bits per heavy atom. The van der Waals surface area contributed by atoms with Gasteiger partial charge >= 0.3 is 18.1 Å². The monoisotopic (exact) mass is 505 g/mol. The third-order valence-corrected chi connectivity index (χ3v) is 6.20. The summed E-state index contributed by atoms with van der Waals surface area (Å²) < 4.78 is 42.0. The number of thioether (sulfide) groups is 1. The highest BCUT2D eigenvalue weighted by Gasteiger charge is 2.59. The van der Waals surface area contributed by atoms with Crippen LogP contribution in [0.2, 0.25) is 0 Å². The third-order valence-electron chi connectivity index (χ3n) is 4.69. The zero-order valence-electron chi connectivity index (χ0n) is 16.3. The van der Waals surface area contributed by atoms with Crippen molar-refractivity contribution in [3.63, 3.8) is 0 Å². The summed E-state index contributed by atoms with van der Waals surface area (Å²) >= 11 is 6.30. The number of carbonyl (C=O) groups is 4. The van der Waals surface area contributed by atoms with Gasteiger partial charge in [0, 0.05) is 11.1 Å². The Morgan fingerprint density at radius 2 is 1.91 bits per heavy atom. The van der Waals surface area contributed by atoms with Gasteiger partial charge in [0.2, 0.25) is 12.0 Å². The fourth-order valence-electron chi connectivity index (χ4n) is 3.18. The van der Waals surface area contributed by atoms with Gasteiger partial charge in [0.1, 0.15) is 22.5 Å². The summed E-state index contributed by atoms with van der Waals surface area (Å²) in [6, 6.07) is 7.05. The Bertz CT molecular complexity index is 1050. The molecule has 4 atom stereocenters. The second-order valence-electron chi connectivity index (χ2n) is 6.74. The van der Waals surface area contributed by atoms with Crippen LogP contribution in [0.4, 0.5) is 13.2 Å². The van der Waals surface area contributed by atoms with Crippen molar-refractivity contribution >= 4 is 47.1 Å². The second kappa shape index (κ2) is 9.45. The molecule has 1 aromatic rings. The SMILES string of the molecule is NC(C(=O)NC1SC2C(OC(=O)C(F)(F)F)C(=O)N2C(C(=O)O)=C1C=CCl)c1ccccc1. The number of ether oxygens (including phenoxy) is 1. The van der Waals surface area contributed by atoms with Gasteiger partial charge in [-0.05, 0) is 11.6 Å². The molecule has 0 bridgehead atoms. The predicted octanol–water partition coefficient (Wildman–Crippen LogP) is 1.61. The molecule has 14 heteroatoms. The van der Waals surface area contributed by atoms with E-state index < -0.39 is 58.5 Å². The zero-order chi connectivity index (χ0) is 24.5. The highest BCUT2D eigenvalue weighted by molar-refractivity contribution is 8.00. The third kappa shape index (κ3) is 4.84. The Labute approximate surface area is 193 Å². The molecule has 0 spiro atoms. The number of fused-ring (bicyclic) bond motifs is 1. The lowest BCUT2D eigenvalue weighted by Crippen LogP contribution is -2.68. The van der Waals surface area contributed by atoms with Crippen LogP contribution in [0.5, 0.6) is 0 Å². The van der Waals surface area contributed by atoms with Crippen LogP contribution in [0.3, 0.4) is 0 Å². The Morgan fingerprint density at radius 1 is 1.27 bits per heavy atom. The van der Waals surface area contributed by atoms with Crippen molar-refractivity contribution in [1.82, 2.24) is 10.2 Å². The largest absolute Gasteiger partial charge is 0.490 e. The number of amides is 2. The summed E-state index contributed by atoms with van der Waals surface area (Å²) in [6.07, 6.45) is -6.13. The van der Waals surface area contributed by atoms with Crippen LogP contribution in [0.15, 0.2) is 53.2 Å². The zero-order valence-corrected chi connectivity index (χ0v) is 17.9. The molecule has 1 fully saturated rings. The lowest BCUT2D eigenvalue weighted by Gasteiger charge is -2.50. The quantitative estimate of drug-likeness (QED) is 0.391. The molecular weight excluding hydrogens is 491 g/mol. The molecule has 1 saturated heterocycles. The number of aliphatic carboxylic acids is 1. The number of hydrogen-bond acceptors (Lipinski definition) is 7. The van der Waals surface area contributed by atoms with Gasteiger partial charge in [-0.1, -0.05) is 41.9 Å². The van der Waals surface area contributed by atoms with Crippen molar-refractivity contribution in [2.75, 3.05) is 0 Å². The lowest BCUT2D eigenvalue weighted by atomic mass is 10.0. The standard InChI is InChI=1S/C19H15ClF3N3O6S/c20-7-6-9-11(17(29)30)26-15(28)12(32-18(31)19(21,22)23)16(26)33-14(9)25-13(27)10(24)8-4-2-1-3-5-8/h1-7,10,12,14,16H,24H2,(H,25,27)(H,29,30). The van der Waals surface area contributed by atoms with Crippen molar-refractivity contribution in [2.45, 2.75) is 29.1 Å². The summed E-state index contributed by atoms with van der Waals surface area (Å²) in [5, 5.41) is 9.64. The molecule has 33 heavy (non-hydrogen) atoms. The number of alkyl halides is 3. The summed E-state index contributed by atoms with van der Waals surface area (Å²) in [6.45, 7) is 0. The number of halogens is 4. The number of esters is 1. The lowest BCUT2D eigenvalue weighted by molar-refractivity contribution is -0.212. The van der Waals surface area contributed by atoms with Gasteiger partial charge in [-0.15, -0.1) is 11.8 Å². The van der Waals surface area contributed by atoms with Crippen LogP contribution >= 0.6 is 23.4 Å². The molecule has 176 valence electrons. The Kier molecular flexibility index (Phi) is 7.05. The van der Waals surface area contributed by atoms with Crippen molar-refractivity contribution < 1.29 is 42.2 Å². The second-order valence-corrected chi connectivity index (χ2v) is 8.22. The molecule has 3 rings (SSSR count). The molecule has 2 aliphatic heterocycles. The van der Waals surface area contributed by atoms with E-state index in [2.05, 4.69) is 10.1 Å². The molecule has 2 amide bonds. The molecule has 0 saturated carbocycles. The normalized spacial score (nSPS) is 23.6. The average Bonchev–Trinajstić information content (AvgIpc) is 2.77. The van der Waals surface area contributed by atoms with E-state index in [0.717, 1.165) is 11.6 Å². The van der Waals surface area contributed by atoms with E-state index in [-0.39, 0.29) is 5.57 Å².